The number of guanidine groups is 1. The molecule has 0 spiro atoms. The van der Waals surface area contributed by atoms with E-state index < -0.39 is 12.0 Å². The number of anilines is 2. The highest BCUT2D eigenvalue weighted by atomic mass is 35.5. The molecule has 3 aromatic rings. The SMILES string of the molecule is Nc1nc(N)c(C(=O)N=C2NCC(c3ccccc3C(=O)CCCCNC(=O)OCc3ccccc3)N2)nc1Cl. The number of hydrogen-bond acceptors (Lipinski definition) is 8. The third kappa shape index (κ3) is 7.44. The molecule has 2 amide bonds. The van der Waals surface area contributed by atoms with Crippen molar-refractivity contribution in [2.75, 3.05) is 24.6 Å². The van der Waals surface area contributed by atoms with Crippen molar-refractivity contribution in [1.82, 2.24) is 25.9 Å². The number of Topliss-reactive ketones (excluding diaryl/α,β-unsaturated/α-hetero) is 1. The lowest BCUT2D eigenvalue weighted by Gasteiger charge is -2.14. The molecule has 2 heterocycles. The Morgan fingerprint density at radius 3 is 2.58 bits per heavy atom. The van der Waals surface area contributed by atoms with Gasteiger partial charge in [0.15, 0.2) is 34.2 Å². The Morgan fingerprint density at radius 2 is 1.77 bits per heavy atom. The zero-order valence-electron chi connectivity index (χ0n) is 21.5. The maximum atomic E-state index is 13.0. The monoisotopic (exact) mass is 564 g/mol. The first-order valence-electron chi connectivity index (χ1n) is 12.6. The number of aromatic nitrogens is 2. The summed E-state index contributed by atoms with van der Waals surface area (Å²) in [7, 11) is 0. The van der Waals surface area contributed by atoms with Crippen molar-refractivity contribution in [1.29, 1.82) is 0 Å². The molecule has 13 heteroatoms. The van der Waals surface area contributed by atoms with Gasteiger partial charge in [-0.25, -0.2) is 14.8 Å². The number of carbonyl (C=O) groups excluding carboxylic acids is 3. The summed E-state index contributed by atoms with van der Waals surface area (Å²) in [5.41, 5.74) is 13.3. The number of unbranched alkanes of at least 4 members (excludes halogenated alkanes) is 1. The number of halogens is 1. The number of rotatable bonds is 10. The molecule has 0 saturated carbocycles. The third-order valence-corrected chi connectivity index (χ3v) is 6.33. The van der Waals surface area contributed by atoms with Crippen LogP contribution in [-0.4, -0.2) is 46.8 Å². The second kappa shape index (κ2) is 13.4. The molecule has 4 rings (SSSR count). The zero-order valence-corrected chi connectivity index (χ0v) is 22.3. The number of ketones is 1. The summed E-state index contributed by atoms with van der Waals surface area (Å²) in [6.07, 6.45) is 1.03. The Labute approximate surface area is 235 Å². The highest BCUT2D eigenvalue weighted by Crippen LogP contribution is 2.23. The van der Waals surface area contributed by atoms with Crippen LogP contribution in [-0.2, 0) is 11.3 Å². The molecule has 0 bridgehead atoms. The van der Waals surface area contributed by atoms with Crippen molar-refractivity contribution >= 4 is 47.0 Å². The van der Waals surface area contributed by atoms with Crippen molar-refractivity contribution in [3.63, 3.8) is 0 Å². The van der Waals surface area contributed by atoms with Crippen LogP contribution in [0.25, 0.3) is 0 Å². The van der Waals surface area contributed by atoms with E-state index in [1.807, 2.05) is 42.5 Å². The predicted octanol–water partition coefficient (Wildman–Crippen LogP) is 3.00. The lowest BCUT2D eigenvalue weighted by atomic mass is 9.95. The van der Waals surface area contributed by atoms with Crippen LogP contribution in [0.4, 0.5) is 16.4 Å². The van der Waals surface area contributed by atoms with Crippen molar-refractivity contribution in [2.24, 2.45) is 4.99 Å². The minimum atomic E-state index is -0.746. The lowest BCUT2D eigenvalue weighted by Crippen LogP contribution is -2.27. The molecule has 12 nitrogen and oxygen atoms in total. The first-order chi connectivity index (χ1) is 19.3. The minimum absolute atomic E-state index is 0.0231. The van der Waals surface area contributed by atoms with E-state index >= 15 is 0 Å². The van der Waals surface area contributed by atoms with Gasteiger partial charge in [0.05, 0.1) is 6.04 Å². The second-order valence-electron chi connectivity index (χ2n) is 8.93. The van der Waals surface area contributed by atoms with Crippen LogP contribution in [0.5, 0.6) is 0 Å². The molecule has 1 aliphatic heterocycles. The number of hydrogen-bond donors (Lipinski definition) is 5. The van der Waals surface area contributed by atoms with Crippen LogP contribution in [0.2, 0.25) is 5.15 Å². The van der Waals surface area contributed by atoms with Gasteiger partial charge in [0, 0.05) is 25.1 Å². The Kier molecular flexibility index (Phi) is 9.47. The van der Waals surface area contributed by atoms with Gasteiger partial charge >= 0.3 is 12.0 Å². The standard InChI is InChI=1S/C27H29ClN8O4/c28-22-24(30)35-23(29)21(34-22)25(38)36-26-32-14-19(33-26)17-10-4-5-11-18(17)20(37)12-6-7-13-31-27(39)40-15-16-8-2-1-3-9-16/h1-5,8-11,19H,6-7,12-15H2,(H,31,39)(H4,29,30,35)(H2,32,33,36,38). The van der Waals surface area contributed by atoms with Crippen molar-refractivity contribution in [3.05, 3.63) is 82.1 Å². The maximum Gasteiger partial charge on any atom is 0.407 e. The molecule has 1 aromatic heterocycles. The van der Waals surface area contributed by atoms with E-state index in [0.29, 0.717) is 37.9 Å². The summed E-state index contributed by atoms with van der Waals surface area (Å²) in [4.78, 5) is 49.1. The van der Waals surface area contributed by atoms with Crippen molar-refractivity contribution in [2.45, 2.75) is 31.9 Å². The lowest BCUT2D eigenvalue weighted by molar-refractivity contribution is 0.0974. The van der Waals surface area contributed by atoms with Gasteiger partial charge in [0.2, 0.25) is 0 Å². The summed E-state index contributed by atoms with van der Waals surface area (Å²) in [6.45, 7) is 0.998. The largest absolute Gasteiger partial charge is 0.445 e. The number of nitrogen functional groups attached to an aromatic ring is 2. The van der Waals surface area contributed by atoms with Gasteiger partial charge in [-0.15, -0.1) is 0 Å². The number of carbonyl (C=O) groups is 3. The van der Waals surface area contributed by atoms with E-state index in [9.17, 15) is 14.4 Å². The highest BCUT2D eigenvalue weighted by Gasteiger charge is 2.26. The number of aliphatic imine (C=N–C) groups is 1. The molecule has 1 saturated heterocycles. The van der Waals surface area contributed by atoms with Crippen LogP contribution in [0.15, 0.2) is 59.6 Å². The summed E-state index contributed by atoms with van der Waals surface area (Å²) < 4.78 is 5.19. The van der Waals surface area contributed by atoms with E-state index in [1.165, 1.54) is 0 Å². The summed E-state index contributed by atoms with van der Waals surface area (Å²) in [5, 5.41) is 8.69. The number of nitrogens with one attached hydrogen (secondary N) is 3. The van der Waals surface area contributed by atoms with Crippen LogP contribution >= 0.6 is 11.6 Å². The number of nitrogens with zero attached hydrogens (tertiary/aromatic N) is 3. The molecule has 40 heavy (non-hydrogen) atoms. The average molecular weight is 565 g/mol. The molecular weight excluding hydrogens is 536 g/mol. The van der Waals surface area contributed by atoms with Gasteiger partial charge < -0.3 is 32.2 Å². The molecule has 0 radical (unpaired) electrons. The molecule has 1 unspecified atom stereocenters. The Morgan fingerprint density at radius 1 is 1.02 bits per heavy atom. The summed E-state index contributed by atoms with van der Waals surface area (Å²) in [6, 6.07) is 16.4. The van der Waals surface area contributed by atoms with Crippen molar-refractivity contribution in [3.8, 4) is 0 Å². The van der Waals surface area contributed by atoms with Gasteiger partial charge in [-0.1, -0.05) is 66.2 Å². The molecule has 1 fully saturated rings. The summed E-state index contributed by atoms with van der Waals surface area (Å²) >= 11 is 5.86. The van der Waals surface area contributed by atoms with E-state index in [1.54, 1.807) is 12.1 Å². The predicted molar refractivity (Wildman–Crippen MR) is 151 cm³/mol. The smallest absolute Gasteiger partial charge is 0.407 e. The quantitative estimate of drug-likeness (QED) is 0.181. The van der Waals surface area contributed by atoms with Crippen LogP contribution in [0, 0.1) is 0 Å². The van der Waals surface area contributed by atoms with Gasteiger partial charge in [0.25, 0.3) is 0 Å². The fourth-order valence-electron chi connectivity index (χ4n) is 4.04. The number of nitrogens with two attached hydrogens (primary N) is 2. The third-order valence-electron chi connectivity index (χ3n) is 6.05. The fraction of sp³-hybridized carbons (Fsp3) is 0.259. The Bertz CT molecular complexity index is 1420. The minimum Gasteiger partial charge on any atom is -0.445 e. The highest BCUT2D eigenvalue weighted by molar-refractivity contribution is 6.31. The molecular formula is C27H29ClN8O4. The number of ether oxygens (including phenoxy) is 1. The first-order valence-corrected chi connectivity index (χ1v) is 13.0. The molecule has 2 aromatic carbocycles. The Balaban J connectivity index is 1.26. The van der Waals surface area contributed by atoms with E-state index in [2.05, 4.69) is 30.9 Å². The van der Waals surface area contributed by atoms with Gasteiger partial charge in [0.1, 0.15) is 6.61 Å². The number of alkyl carbamates (subject to hydrolysis) is 1. The van der Waals surface area contributed by atoms with Crippen LogP contribution < -0.4 is 27.4 Å². The van der Waals surface area contributed by atoms with E-state index in [-0.39, 0.29) is 46.9 Å². The second-order valence-corrected chi connectivity index (χ2v) is 9.29. The molecule has 1 atom stereocenters. The topological polar surface area (TPSA) is 187 Å². The maximum absolute atomic E-state index is 13.0. The van der Waals surface area contributed by atoms with Gasteiger partial charge in [-0.3, -0.25) is 9.59 Å². The molecule has 7 N–H and O–H groups in total. The first kappa shape index (κ1) is 28.3. The van der Waals surface area contributed by atoms with E-state index in [4.69, 9.17) is 27.8 Å². The summed E-state index contributed by atoms with van der Waals surface area (Å²) in [5.74, 6) is -0.827. The number of amides is 2. The average Bonchev–Trinajstić information content (AvgIpc) is 3.42. The van der Waals surface area contributed by atoms with Crippen LogP contribution in [0.3, 0.4) is 0 Å². The zero-order chi connectivity index (χ0) is 28.5. The normalized spacial score (nSPS) is 15.2. The van der Waals surface area contributed by atoms with Crippen LogP contribution in [0.1, 0.15) is 57.3 Å². The van der Waals surface area contributed by atoms with Gasteiger partial charge in [-0.2, -0.15) is 4.99 Å². The molecule has 1 aliphatic rings. The van der Waals surface area contributed by atoms with Gasteiger partial charge in [-0.05, 0) is 24.0 Å². The van der Waals surface area contributed by atoms with E-state index in [0.717, 1.165) is 11.1 Å². The van der Waals surface area contributed by atoms with Crippen molar-refractivity contribution < 1.29 is 19.1 Å². The Hall–Kier alpha value is -4.71. The fourth-order valence-corrected chi connectivity index (χ4v) is 4.17. The molecule has 208 valence electrons. The number of benzene rings is 2. The molecule has 0 aliphatic carbocycles.